The summed E-state index contributed by atoms with van der Waals surface area (Å²) in [4.78, 5) is 51.1. The molecule has 1 aromatic heterocycles. The second kappa shape index (κ2) is 8.65. The Morgan fingerprint density at radius 3 is 2.56 bits per heavy atom. The first-order valence-electron chi connectivity index (χ1n) is 10.3. The number of thioether (sulfide) groups is 1. The Hall–Kier alpha value is -3.57. The van der Waals surface area contributed by atoms with Crippen LogP contribution in [0.3, 0.4) is 0 Å². The molecule has 1 saturated heterocycles. The molecule has 3 aromatic rings. The number of nitrogens with one attached hydrogen (secondary N) is 2. The van der Waals surface area contributed by atoms with Crippen molar-refractivity contribution in [2.75, 3.05) is 12.4 Å². The lowest BCUT2D eigenvalue weighted by Crippen LogP contribution is -2.32. The summed E-state index contributed by atoms with van der Waals surface area (Å²) in [5.41, 5.74) is 1.00. The van der Waals surface area contributed by atoms with Gasteiger partial charge in [-0.2, -0.15) is 0 Å². The highest BCUT2D eigenvalue weighted by atomic mass is 32.2. The SMILES string of the molecule is COc1ccc(NC(=O)Cn2c3c(sc2=O)C(c2ccccc2O)C2C(=O)NC(=O)C2S3)cc1. The Balaban J connectivity index is 1.51. The summed E-state index contributed by atoms with van der Waals surface area (Å²) in [5, 5.41) is 15.3. The van der Waals surface area contributed by atoms with Crippen LogP contribution >= 0.6 is 23.1 Å². The first-order valence-corrected chi connectivity index (χ1v) is 12.0. The molecule has 2 aliphatic heterocycles. The lowest BCUT2D eigenvalue weighted by atomic mass is 9.82. The molecule has 3 heterocycles. The molecule has 2 aromatic carbocycles. The number of ether oxygens (including phenoxy) is 1. The zero-order valence-electron chi connectivity index (χ0n) is 17.8. The standard InChI is InChI=1S/C23H19N3O6S2/c1-32-12-8-6-11(7-9-12)24-15(28)10-26-22-19(34-23(26)31)16(13-4-2-3-5-14(13)27)17-18(33-22)21(30)25-20(17)29/h2-9,16-18,27H,10H2,1H3,(H,24,28)(H,25,29,30). The molecule has 0 saturated carbocycles. The van der Waals surface area contributed by atoms with E-state index in [-0.39, 0.29) is 17.2 Å². The van der Waals surface area contributed by atoms with Crippen molar-refractivity contribution in [2.45, 2.75) is 22.7 Å². The molecule has 3 N–H and O–H groups in total. The second-order valence-electron chi connectivity index (χ2n) is 7.85. The summed E-state index contributed by atoms with van der Waals surface area (Å²) in [6, 6.07) is 13.3. The predicted octanol–water partition coefficient (Wildman–Crippen LogP) is 2.14. The van der Waals surface area contributed by atoms with Crippen molar-refractivity contribution in [2.24, 2.45) is 5.92 Å². The number of carbonyl (C=O) groups excluding carboxylic acids is 3. The Morgan fingerprint density at radius 1 is 1.12 bits per heavy atom. The topological polar surface area (TPSA) is 127 Å². The summed E-state index contributed by atoms with van der Waals surface area (Å²) in [6.07, 6.45) is 0. The van der Waals surface area contributed by atoms with Crippen LogP contribution in [0.25, 0.3) is 0 Å². The fourth-order valence-electron chi connectivity index (χ4n) is 4.28. The average Bonchev–Trinajstić information content (AvgIpc) is 3.28. The highest BCUT2D eigenvalue weighted by Gasteiger charge is 2.53. The maximum absolute atomic E-state index is 12.9. The van der Waals surface area contributed by atoms with Crippen molar-refractivity contribution in [1.29, 1.82) is 0 Å². The number of fused-ring (bicyclic) bond motifs is 2. The molecule has 3 unspecified atom stereocenters. The molecule has 5 rings (SSSR count). The number of phenols is 1. The van der Waals surface area contributed by atoms with E-state index in [1.165, 1.54) is 10.6 Å². The van der Waals surface area contributed by atoms with Gasteiger partial charge in [0.25, 0.3) is 0 Å². The first kappa shape index (κ1) is 22.2. The number of para-hydroxylation sites is 1. The Morgan fingerprint density at radius 2 is 1.85 bits per heavy atom. The first-order chi connectivity index (χ1) is 16.4. The monoisotopic (exact) mass is 497 g/mol. The normalized spacial score (nSPS) is 20.9. The third-order valence-electron chi connectivity index (χ3n) is 5.83. The van der Waals surface area contributed by atoms with Crippen LogP contribution in [0.15, 0.2) is 58.4 Å². The van der Waals surface area contributed by atoms with E-state index in [0.717, 1.165) is 23.1 Å². The van der Waals surface area contributed by atoms with Gasteiger partial charge >= 0.3 is 4.87 Å². The number of nitrogens with zero attached hydrogens (tertiary/aromatic N) is 1. The molecule has 9 nitrogen and oxygen atoms in total. The number of carbonyl (C=O) groups is 3. The van der Waals surface area contributed by atoms with Crippen molar-refractivity contribution < 1.29 is 24.2 Å². The van der Waals surface area contributed by atoms with Crippen LogP contribution in [-0.4, -0.2) is 39.8 Å². The smallest absolute Gasteiger partial charge is 0.308 e. The minimum atomic E-state index is -0.769. The van der Waals surface area contributed by atoms with Crippen molar-refractivity contribution in [3.05, 3.63) is 68.6 Å². The number of methoxy groups -OCH3 is 1. The molecule has 34 heavy (non-hydrogen) atoms. The molecule has 0 aliphatic carbocycles. The fourth-order valence-corrected chi connectivity index (χ4v) is 7.01. The molecule has 1 fully saturated rings. The molecule has 174 valence electrons. The number of amides is 3. The number of hydrogen-bond acceptors (Lipinski definition) is 8. The van der Waals surface area contributed by atoms with Gasteiger partial charge in [0.05, 0.1) is 18.1 Å². The molecule has 0 spiro atoms. The van der Waals surface area contributed by atoms with Crippen LogP contribution in [0, 0.1) is 5.92 Å². The fraction of sp³-hybridized carbons (Fsp3) is 0.217. The van der Waals surface area contributed by atoms with E-state index in [1.807, 2.05) is 0 Å². The van der Waals surface area contributed by atoms with Crippen molar-refractivity contribution in [1.82, 2.24) is 9.88 Å². The van der Waals surface area contributed by atoms with Gasteiger partial charge in [0.1, 0.15) is 23.3 Å². The van der Waals surface area contributed by atoms with Crippen LogP contribution in [0.1, 0.15) is 16.4 Å². The van der Waals surface area contributed by atoms with Crippen molar-refractivity contribution in [3.8, 4) is 11.5 Å². The van der Waals surface area contributed by atoms with Crippen molar-refractivity contribution in [3.63, 3.8) is 0 Å². The number of aromatic nitrogens is 1. The highest BCUT2D eigenvalue weighted by Crippen LogP contribution is 2.52. The van der Waals surface area contributed by atoms with E-state index in [2.05, 4.69) is 10.6 Å². The number of imide groups is 1. The summed E-state index contributed by atoms with van der Waals surface area (Å²) >= 11 is 2.03. The summed E-state index contributed by atoms with van der Waals surface area (Å²) < 4.78 is 6.43. The number of phenolic OH excluding ortho intramolecular Hbond substituents is 1. The average molecular weight is 498 g/mol. The van der Waals surface area contributed by atoms with E-state index in [1.54, 1.807) is 49.6 Å². The second-order valence-corrected chi connectivity index (χ2v) is 9.98. The van der Waals surface area contributed by atoms with E-state index in [9.17, 15) is 24.3 Å². The molecule has 3 amide bonds. The number of rotatable bonds is 5. The van der Waals surface area contributed by atoms with Gasteiger partial charge in [0.2, 0.25) is 17.7 Å². The van der Waals surface area contributed by atoms with E-state index < -0.39 is 34.8 Å². The Bertz CT molecular complexity index is 1360. The van der Waals surface area contributed by atoms with Gasteiger partial charge in [-0.15, -0.1) is 0 Å². The summed E-state index contributed by atoms with van der Waals surface area (Å²) in [6.45, 7) is -0.260. The van der Waals surface area contributed by atoms with Crippen LogP contribution in [-0.2, 0) is 20.9 Å². The largest absolute Gasteiger partial charge is 0.508 e. The molecular weight excluding hydrogens is 478 g/mol. The number of thiazole rings is 1. The van der Waals surface area contributed by atoms with Crippen LogP contribution in [0.2, 0.25) is 0 Å². The van der Waals surface area contributed by atoms with E-state index >= 15 is 0 Å². The van der Waals surface area contributed by atoms with Gasteiger partial charge in [-0.3, -0.25) is 29.1 Å². The van der Waals surface area contributed by atoms with Crippen LogP contribution in [0.4, 0.5) is 5.69 Å². The predicted molar refractivity (Wildman–Crippen MR) is 126 cm³/mol. The third-order valence-corrected chi connectivity index (χ3v) is 8.45. The lowest BCUT2D eigenvalue weighted by Gasteiger charge is -2.31. The molecule has 11 heteroatoms. The summed E-state index contributed by atoms with van der Waals surface area (Å²) in [5.74, 6) is -2.13. The lowest BCUT2D eigenvalue weighted by molar-refractivity contribution is -0.126. The Labute approximate surface area is 201 Å². The van der Waals surface area contributed by atoms with Crippen LogP contribution in [0.5, 0.6) is 11.5 Å². The minimum absolute atomic E-state index is 0.0269. The number of anilines is 1. The molecular formula is C23H19N3O6S2. The van der Waals surface area contributed by atoms with Gasteiger partial charge < -0.3 is 15.2 Å². The number of hydrogen-bond donors (Lipinski definition) is 3. The molecule has 0 radical (unpaired) electrons. The van der Waals surface area contributed by atoms with Gasteiger partial charge in [0.15, 0.2) is 0 Å². The molecule has 2 aliphatic rings. The maximum Gasteiger partial charge on any atom is 0.308 e. The van der Waals surface area contributed by atoms with Gasteiger partial charge in [-0.25, -0.2) is 0 Å². The quantitative estimate of drug-likeness (QED) is 0.461. The van der Waals surface area contributed by atoms with Crippen LogP contribution < -0.4 is 20.2 Å². The van der Waals surface area contributed by atoms with E-state index in [0.29, 0.717) is 26.9 Å². The zero-order valence-corrected chi connectivity index (χ0v) is 19.4. The zero-order chi connectivity index (χ0) is 24.0. The van der Waals surface area contributed by atoms with Crippen molar-refractivity contribution >= 4 is 46.5 Å². The maximum atomic E-state index is 12.9. The Kier molecular flexibility index (Phi) is 5.66. The molecule has 3 atom stereocenters. The van der Waals surface area contributed by atoms with E-state index in [4.69, 9.17) is 4.74 Å². The summed E-state index contributed by atoms with van der Waals surface area (Å²) in [7, 11) is 1.54. The van der Waals surface area contributed by atoms with Gasteiger partial charge in [-0.1, -0.05) is 41.3 Å². The number of aromatic hydroxyl groups is 1. The van der Waals surface area contributed by atoms with Gasteiger partial charge in [0, 0.05) is 22.0 Å². The molecule has 0 bridgehead atoms. The number of benzene rings is 2. The highest BCUT2D eigenvalue weighted by molar-refractivity contribution is 8.00. The third kappa shape index (κ3) is 3.76. The van der Waals surface area contributed by atoms with Gasteiger partial charge in [-0.05, 0) is 30.3 Å². The minimum Gasteiger partial charge on any atom is -0.508 e.